The molecule has 110 valence electrons. The van der Waals surface area contributed by atoms with E-state index >= 15 is 0 Å². The van der Waals surface area contributed by atoms with E-state index in [9.17, 15) is 9.59 Å². The summed E-state index contributed by atoms with van der Waals surface area (Å²) in [7, 11) is 1.64. The Hall–Kier alpha value is -1.10. The van der Waals surface area contributed by atoms with Crippen LogP contribution in [0.4, 0.5) is 0 Å². The Morgan fingerprint density at radius 3 is 2.26 bits per heavy atom. The van der Waals surface area contributed by atoms with Crippen molar-refractivity contribution in [2.75, 3.05) is 20.3 Å². The van der Waals surface area contributed by atoms with Crippen molar-refractivity contribution in [3.63, 3.8) is 0 Å². The Balaban J connectivity index is 3.00. The Kier molecular flexibility index (Phi) is 4.96. The van der Waals surface area contributed by atoms with Gasteiger partial charge in [-0.3, -0.25) is 9.59 Å². The molecule has 1 fully saturated rings. The Morgan fingerprint density at radius 2 is 1.79 bits per heavy atom. The fraction of sp³-hybridized carbons (Fsp3) is 0.857. The number of carbonyl (C=O) groups excluding carboxylic acids is 2. The van der Waals surface area contributed by atoms with Crippen molar-refractivity contribution in [2.45, 2.75) is 58.0 Å². The van der Waals surface area contributed by atoms with E-state index in [0.29, 0.717) is 26.0 Å². The van der Waals surface area contributed by atoms with Gasteiger partial charge in [-0.25, -0.2) is 0 Å². The fourth-order valence-electron chi connectivity index (χ4n) is 2.54. The number of piperazine rings is 1. The van der Waals surface area contributed by atoms with Crippen molar-refractivity contribution < 1.29 is 14.3 Å². The lowest BCUT2D eigenvalue weighted by molar-refractivity contribution is -0.161. The predicted molar refractivity (Wildman–Crippen MR) is 73.7 cm³/mol. The SMILES string of the molecule is CCC1(CC)NC(=O)C(C)(C)N(CCCOC)C1=O. The molecule has 0 aromatic heterocycles. The molecule has 19 heavy (non-hydrogen) atoms. The van der Waals surface area contributed by atoms with Crippen molar-refractivity contribution in [3.05, 3.63) is 0 Å². The van der Waals surface area contributed by atoms with E-state index in [1.54, 1.807) is 25.9 Å². The van der Waals surface area contributed by atoms with Crippen LogP contribution in [0.25, 0.3) is 0 Å². The molecule has 0 aromatic carbocycles. The standard InChI is InChI=1S/C14H26N2O3/c1-6-14(7-2)12(18)16(9-8-10-19-5)13(3,4)11(17)15-14/h6-10H2,1-5H3,(H,15,17). The molecule has 0 atom stereocenters. The molecule has 1 N–H and O–H groups in total. The van der Waals surface area contributed by atoms with Gasteiger partial charge in [0.05, 0.1) is 0 Å². The van der Waals surface area contributed by atoms with Gasteiger partial charge in [0.15, 0.2) is 0 Å². The number of hydrogen-bond acceptors (Lipinski definition) is 3. The first-order chi connectivity index (χ1) is 8.85. The molecule has 1 aliphatic rings. The highest BCUT2D eigenvalue weighted by Gasteiger charge is 2.52. The summed E-state index contributed by atoms with van der Waals surface area (Å²) in [5, 5.41) is 2.93. The fourth-order valence-corrected chi connectivity index (χ4v) is 2.54. The van der Waals surface area contributed by atoms with Crippen molar-refractivity contribution in [1.29, 1.82) is 0 Å². The first-order valence-electron chi connectivity index (χ1n) is 6.99. The number of carbonyl (C=O) groups is 2. The predicted octanol–water partition coefficient (Wildman–Crippen LogP) is 1.32. The molecule has 0 aromatic rings. The first-order valence-corrected chi connectivity index (χ1v) is 6.99. The van der Waals surface area contributed by atoms with Crippen LogP contribution in [-0.4, -0.2) is 48.1 Å². The summed E-state index contributed by atoms with van der Waals surface area (Å²) in [6.45, 7) is 8.60. The van der Waals surface area contributed by atoms with Crippen LogP contribution in [0.3, 0.4) is 0 Å². The molecule has 0 unspecified atom stereocenters. The second-order valence-corrected chi connectivity index (χ2v) is 5.61. The van der Waals surface area contributed by atoms with Crippen LogP contribution < -0.4 is 5.32 Å². The summed E-state index contributed by atoms with van der Waals surface area (Å²) in [5.41, 5.74) is -1.53. The molecule has 5 nitrogen and oxygen atoms in total. The second kappa shape index (κ2) is 5.90. The zero-order valence-corrected chi connectivity index (χ0v) is 12.7. The van der Waals surface area contributed by atoms with Crippen molar-refractivity contribution >= 4 is 11.8 Å². The maximum Gasteiger partial charge on any atom is 0.249 e. The summed E-state index contributed by atoms with van der Waals surface area (Å²) in [5.74, 6) is -0.0496. The molecular formula is C14H26N2O3. The number of nitrogens with zero attached hydrogens (tertiary/aromatic N) is 1. The highest BCUT2D eigenvalue weighted by atomic mass is 16.5. The lowest BCUT2D eigenvalue weighted by atomic mass is 9.83. The molecule has 0 saturated carbocycles. The Bertz CT molecular complexity index is 349. The molecule has 1 heterocycles. The molecule has 0 aliphatic carbocycles. The molecule has 0 bridgehead atoms. The monoisotopic (exact) mass is 270 g/mol. The quantitative estimate of drug-likeness (QED) is 0.741. The minimum Gasteiger partial charge on any atom is -0.385 e. The van der Waals surface area contributed by atoms with Gasteiger partial charge in [-0.15, -0.1) is 0 Å². The van der Waals surface area contributed by atoms with Gasteiger partial charge < -0.3 is 15.0 Å². The first kappa shape index (κ1) is 16.0. The molecular weight excluding hydrogens is 244 g/mol. The van der Waals surface area contributed by atoms with Gasteiger partial charge in [0.1, 0.15) is 11.1 Å². The minimum absolute atomic E-state index is 0.0261. The highest BCUT2D eigenvalue weighted by molar-refractivity contribution is 6.01. The van der Waals surface area contributed by atoms with E-state index in [1.807, 2.05) is 13.8 Å². The van der Waals surface area contributed by atoms with Crippen LogP contribution in [0.2, 0.25) is 0 Å². The molecule has 0 radical (unpaired) electrons. The number of rotatable bonds is 6. The van der Waals surface area contributed by atoms with Crippen LogP contribution in [-0.2, 0) is 14.3 Å². The molecule has 1 aliphatic heterocycles. The summed E-state index contributed by atoms with van der Waals surface area (Å²) in [4.78, 5) is 26.7. The van der Waals surface area contributed by atoms with Crippen molar-refractivity contribution in [2.24, 2.45) is 0 Å². The van der Waals surface area contributed by atoms with E-state index < -0.39 is 11.1 Å². The third-order valence-electron chi connectivity index (χ3n) is 4.18. The molecule has 2 amide bonds. The summed E-state index contributed by atoms with van der Waals surface area (Å²) < 4.78 is 5.03. The topological polar surface area (TPSA) is 58.6 Å². The lowest BCUT2D eigenvalue weighted by Crippen LogP contribution is -2.73. The number of hydrogen-bond donors (Lipinski definition) is 1. The average molecular weight is 270 g/mol. The maximum atomic E-state index is 12.7. The van der Waals surface area contributed by atoms with E-state index in [-0.39, 0.29) is 11.8 Å². The van der Waals surface area contributed by atoms with E-state index in [2.05, 4.69) is 5.32 Å². The summed E-state index contributed by atoms with van der Waals surface area (Å²) in [6, 6.07) is 0. The van der Waals surface area contributed by atoms with Crippen LogP contribution >= 0.6 is 0 Å². The van der Waals surface area contributed by atoms with Gasteiger partial charge in [-0.2, -0.15) is 0 Å². The Labute approximate surface area is 115 Å². The number of methoxy groups -OCH3 is 1. The Morgan fingerprint density at radius 1 is 1.21 bits per heavy atom. The molecule has 1 saturated heterocycles. The normalized spacial score (nSPS) is 21.4. The van der Waals surface area contributed by atoms with Crippen molar-refractivity contribution in [3.8, 4) is 0 Å². The number of ether oxygens (including phenoxy) is 1. The molecule has 5 heteroatoms. The van der Waals surface area contributed by atoms with Gasteiger partial charge in [-0.1, -0.05) is 13.8 Å². The van der Waals surface area contributed by atoms with Crippen LogP contribution in [0.1, 0.15) is 47.0 Å². The number of amides is 2. The zero-order valence-electron chi connectivity index (χ0n) is 12.7. The third kappa shape index (κ3) is 2.76. The molecule has 0 spiro atoms. The summed E-state index contributed by atoms with van der Waals surface area (Å²) >= 11 is 0. The highest BCUT2D eigenvalue weighted by Crippen LogP contribution is 2.30. The van der Waals surface area contributed by atoms with Crippen LogP contribution in [0.5, 0.6) is 0 Å². The minimum atomic E-state index is -0.793. The number of nitrogens with one attached hydrogen (secondary N) is 1. The third-order valence-corrected chi connectivity index (χ3v) is 4.18. The van der Waals surface area contributed by atoms with Gasteiger partial charge in [-0.05, 0) is 33.1 Å². The van der Waals surface area contributed by atoms with Gasteiger partial charge in [0.25, 0.3) is 0 Å². The van der Waals surface area contributed by atoms with Crippen LogP contribution in [0.15, 0.2) is 0 Å². The van der Waals surface area contributed by atoms with Gasteiger partial charge in [0.2, 0.25) is 11.8 Å². The zero-order chi connectivity index (χ0) is 14.7. The second-order valence-electron chi connectivity index (χ2n) is 5.61. The average Bonchev–Trinajstić information content (AvgIpc) is 2.38. The summed E-state index contributed by atoms with van der Waals surface area (Å²) in [6.07, 6.45) is 1.97. The largest absolute Gasteiger partial charge is 0.385 e. The van der Waals surface area contributed by atoms with Gasteiger partial charge >= 0.3 is 0 Å². The smallest absolute Gasteiger partial charge is 0.249 e. The lowest BCUT2D eigenvalue weighted by Gasteiger charge is -2.49. The van der Waals surface area contributed by atoms with E-state index in [1.165, 1.54) is 0 Å². The van der Waals surface area contributed by atoms with Gasteiger partial charge in [0, 0.05) is 20.3 Å². The van der Waals surface area contributed by atoms with E-state index in [0.717, 1.165) is 6.42 Å². The molecule has 1 rings (SSSR count). The van der Waals surface area contributed by atoms with Crippen LogP contribution in [0, 0.1) is 0 Å². The van der Waals surface area contributed by atoms with Crippen molar-refractivity contribution in [1.82, 2.24) is 10.2 Å². The van der Waals surface area contributed by atoms with E-state index in [4.69, 9.17) is 4.74 Å². The maximum absolute atomic E-state index is 12.7.